The zero-order valence-electron chi connectivity index (χ0n) is 10.1. The molecule has 0 aromatic carbocycles. The number of carbonyl (C=O) groups excluding carboxylic acids is 1. The summed E-state index contributed by atoms with van der Waals surface area (Å²) >= 11 is 0. The molecule has 1 aliphatic rings. The molecule has 0 bridgehead atoms. The van der Waals surface area contributed by atoms with Crippen molar-refractivity contribution in [3.63, 3.8) is 0 Å². The Labute approximate surface area is 107 Å². The van der Waals surface area contributed by atoms with Gasteiger partial charge in [-0.2, -0.15) is 5.10 Å². The van der Waals surface area contributed by atoms with Gasteiger partial charge in [-0.15, -0.1) is 0 Å². The van der Waals surface area contributed by atoms with Crippen LogP contribution in [-0.4, -0.2) is 50.7 Å². The topological polar surface area (TPSA) is 75.4 Å². The van der Waals surface area contributed by atoms with Gasteiger partial charge in [-0.05, 0) is 6.42 Å². The maximum atomic E-state index is 13.2. The number of nitrogens with zero attached hydrogens (tertiary/aromatic N) is 3. The number of carboxylic acids is 1. The fourth-order valence-corrected chi connectivity index (χ4v) is 1.98. The van der Waals surface area contributed by atoms with Crippen LogP contribution < -0.4 is 0 Å². The van der Waals surface area contributed by atoms with Crippen LogP contribution in [0.5, 0.6) is 0 Å². The van der Waals surface area contributed by atoms with E-state index in [0.29, 0.717) is 6.54 Å². The molecule has 104 valence electrons. The van der Waals surface area contributed by atoms with Crippen LogP contribution in [0.3, 0.4) is 0 Å². The van der Waals surface area contributed by atoms with Gasteiger partial charge >= 0.3 is 5.97 Å². The second-order valence-electron chi connectivity index (χ2n) is 4.51. The summed E-state index contributed by atoms with van der Waals surface area (Å²) < 4.78 is 27.5. The van der Waals surface area contributed by atoms with Crippen molar-refractivity contribution in [2.75, 3.05) is 13.1 Å². The van der Waals surface area contributed by atoms with Gasteiger partial charge in [-0.1, -0.05) is 0 Å². The quantitative estimate of drug-likeness (QED) is 0.885. The lowest BCUT2D eigenvalue weighted by Crippen LogP contribution is -2.46. The summed E-state index contributed by atoms with van der Waals surface area (Å²) in [5.74, 6) is -4.48. The van der Waals surface area contributed by atoms with Crippen molar-refractivity contribution < 1.29 is 23.5 Å². The van der Waals surface area contributed by atoms with E-state index in [1.165, 1.54) is 6.20 Å². The average Bonchev–Trinajstić information content (AvgIpc) is 2.76. The number of halogens is 2. The standard InChI is InChI=1S/C11H13F2N3O3/c12-11(13)2-1-3-15(7-11)9(17)6-16-5-8(4-14-16)10(18)19/h4-5H,1-3,6-7H2,(H,18,19). The van der Waals surface area contributed by atoms with Gasteiger partial charge in [0.15, 0.2) is 0 Å². The molecule has 0 unspecified atom stereocenters. The first-order chi connectivity index (χ1) is 8.87. The molecule has 1 fully saturated rings. The zero-order chi connectivity index (χ0) is 14.0. The van der Waals surface area contributed by atoms with Gasteiger partial charge in [0.05, 0.1) is 18.3 Å². The molecule has 2 rings (SSSR count). The largest absolute Gasteiger partial charge is 0.478 e. The highest BCUT2D eigenvalue weighted by molar-refractivity contribution is 5.87. The van der Waals surface area contributed by atoms with E-state index in [1.54, 1.807) is 0 Å². The Bertz CT molecular complexity index is 501. The Balaban J connectivity index is 1.98. The minimum Gasteiger partial charge on any atom is -0.478 e. The van der Waals surface area contributed by atoms with Crippen LogP contribution in [0.4, 0.5) is 8.78 Å². The first-order valence-electron chi connectivity index (χ1n) is 5.79. The number of amides is 1. The number of rotatable bonds is 3. The summed E-state index contributed by atoms with van der Waals surface area (Å²) in [6, 6.07) is 0. The van der Waals surface area contributed by atoms with Crippen molar-refractivity contribution in [2.24, 2.45) is 0 Å². The number of carbonyl (C=O) groups is 2. The number of aromatic nitrogens is 2. The Morgan fingerprint density at radius 2 is 2.21 bits per heavy atom. The van der Waals surface area contributed by atoms with E-state index >= 15 is 0 Å². The first kappa shape index (κ1) is 13.4. The van der Waals surface area contributed by atoms with Gasteiger partial charge in [0.2, 0.25) is 5.91 Å². The van der Waals surface area contributed by atoms with Gasteiger partial charge in [0.1, 0.15) is 6.54 Å². The molecule has 1 aliphatic heterocycles. The number of alkyl halides is 2. The normalized spacial score (nSPS) is 18.3. The number of aromatic carboxylic acids is 1. The summed E-state index contributed by atoms with van der Waals surface area (Å²) in [5, 5.41) is 12.4. The lowest BCUT2D eigenvalue weighted by molar-refractivity contribution is -0.142. The lowest BCUT2D eigenvalue weighted by Gasteiger charge is -2.32. The molecule has 0 atom stereocenters. The lowest BCUT2D eigenvalue weighted by atomic mass is 10.1. The third-order valence-corrected chi connectivity index (χ3v) is 2.92. The molecule has 1 amide bonds. The maximum Gasteiger partial charge on any atom is 0.338 e. The van der Waals surface area contributed by atoms with Gasteiger partial charge in [0, 0.05) is 19.2 Å². The van der Waals surface area contributed by atoms with Crippen LogP contribution in [0, 0.1) is 0 Å². The predicted molar refractivity (Wildman–Crippen MR) is 59.9 cm³/mol. The SMILES string of the molecule is O=C(O)c1cnn(CC(=O)N2CCCC(F)(F)C2)c1. The molecule has 1 aromatic rings. The van der Waals surface area contributed by atoms with Gasteiger partial charge < -0.3 is 10.0 Å². The Hall–Kier alpha value is -1.99. The number of carboxylic acid groups (broad SMARTS) is 1. The average molecular weight is 273 g/mol. The van der Waals surface area contributed by atoms with E-state index in [4.69, 9.17) is 5.11 Å². The molecule has 6 nitrogen and oxygen atoms in total. The number of hydrogen-bond acceptors (Lipinski definition) is 3. The monoisotopic (exact) mass is 273 g/mol. The Morgan fingerprint density at radius 1 is 1.47 bits per heavy atom. The van der Waals surface area contributed by atoms with E-state index in [9.17, 15) is 18.4 Å². The fraction of sp³-hybridized carbons (Fsp3) is 0.545. The Kier molecular flexibility index (Phi) is 3.50. The molecule has 8 heteroatoms. The molecule has 1 N–H and O–H groups in total. The van der Waals surface area contributed by atoms with Gasteiger partial charge in [0.25, 0.3) is 5.92 Å². The summed E-state index contributed by atoms with van der Waals surface area (Å²) in [6.07, 6.45) is 2.36. The highest BCUT2D eigenvalue weighted by Crippen LogP contribution is 2.26. The van der Waals surface area contributed by atoms with Crippen molar-refractivity contribution >= 4 is 11.9 Å². The van der Waals surface area contributed by atoms with Crippen molar-refractivity contribution in [2.45, 2.75) is 25.3 Å². The first-order valence-corrected chi connectivity index (χ1v) is 5.79. The predicted octanol–water partition coefficient (Wildman–Crippen LogP) is 0.839. The van der Waals surface area contributed by atoms with Crippen LogP contribution in [0.25, 0.3) is 0 Å². The van der Waals surface area contributed by atoms with Gasteiger partial charge in [-0.25, -0.2) is 13.6 Å². The van der Waals surface area contributed by atoms with Crippen LogP contribution in [0.1, 0.15) is 23.2 Å². The molecular weight excluding hydrogens is 260 g/mol. The molecule has 0 radical (unpaired) electrons. The molecule has 0 saturated carbocycles. The van der Waals surface area contributed by atoms with Crippen molar-refractivity contribution in [3.8, 4) is 0 Å². The van der Waals surface area contributed by atoms with E-state index in [2.05, 4.69) is 5.10 Å². The third kappa shape index (κ3) is 3.27. The van der Waals surface area contributed by atoms with Crippen LogP contribution in [-0.2, 0) is 11.3 Å². The minimum absolute atomic E-state index is 0.0447. The summed E-state index contributed by atoms with van der Waals surface area (Å²) in [4.78, 5) is 23.5. The second-order valence-corrected chi connectivity index (χ2v) is 4.51. The maximum absolute atomic E-state index is 13.2. The smallest absolute Gasteiger partial charge is 0.338 e. The molecular formula is C11H13F2N3O3. The van der Waals surface area contributed by atoms with Crippen LogP contribution in [0.2, 0.25) is 0 Å². The van der Waals surface area contributed by atoms with Crippen molar-refractivity contribution in [3.05, 3.63) is 18.0 Å². The van der Waals surface area contributed by atoms with E-state index < -0.39 is 24.3 Å². The van der Waals surface area contributed by atoms with Crippen molar-refractivity contribution in [1.29, 1.82) is 0 Å². The third-order valence-electron chi connectivity index (χ3n) is 2.92. The van der Waals surface area contributed by atoms with Crippen LogP contribution >= 0.6 is 0 Å². The summed E-state index contributed by atoms with van der Waals surface area (Å²) in [5.41, 5.74) is -0.0447. The highest BCUT2D eigenvalue weighted by Gasteiger charge is 2.36. The number of piperidine rings is 1. The Morgan fingerprint density at radius 3 is 2.79 bits per heavy atom. The fourth-order valence-electron chi connectivity index (χ4n) is 1.98. The summed E-state index contributed by atoms with van der Waals surface area (Å²) in [7, 11) is 0. The number of hydrogen-bond donors (Lipinski definition) is 1. The summed E-state index contributed by atoms with van der Waals surface area (Å²) in [6.45, 7) is -0.524. The number of likely N-dealkylation sites (tertiary alicyclic amines) is 1. The van der Waals surface area contributed by atoms with Gasteiger partial charge in [-0.3, -0.25) is 9.48 Å². The molecule has 0 aliphatic carbocycles. The van der Waals surface area contributed by atoms with E-state index in [-0.39, 0.29) is 24.9 Å². The molecule has 0 spiro atoms. The molecule has 19 heavy (non-hydrogen) atoms. The van der Waals surface area contributed by atoms with Crippen LogP contribution in [0.15, 0.2) is 12.4 Å². The molecule has 2 heterocycles. The van der Waals surface area contributed by atoms with E-state index in [0.717, 1.165) is 15.8 Å². The second kappa shape index (κ2) is 4.94. The highest BCUT2D eigenvalue weighted by atomic mass is 19.3. The van der Waals surface area contributed by atoms with Crippen molar-refractivity contribution in [1.82, 2.24) is 14.7 Å². The molecule has 1 aromatic heterocycles. The van der Waals surface area contributed by atoms with E-state index in [1.807, 2.05) is 0 Å². The minimum atomic E-state index is -2.84. The zero-order valence-corrected chi connectivity index (χ0v) is 10.1. The molecule has 1 saturated heterocycles.